The van der Waals surface area contributed by atoms with E-state index in [-0.39, 0.29) is 17.0 Å². The first-order chi connectivity index (χ1) is 5.77. The van der Waals surface area contributed by atoms with Gasteiger partial charge in [-0.05, 0) is 13.8 Å². The first kappa shape index (κ1) is 13.3. The summed E-state index contributed by atoms with van der Waals surface area (Å²) in [4.78, 5) is 0. The Morgan fingerprint density at radius 1 is 1.38 bits per heavy atom. The van der Waals surface area contributed by atoms with Crippen LogP contribution in [0.4, 0.5) is 0 Å². The Hall–Kier alpha value is 0.260. The number of rotatable bonds is 6. The molecular formula is C8H19NO2S2. The molecule has 0 spiro atoms. The third kappa shape index (κ3) is 8.59. The normalized spacial score (nSPS) is 13.2. The van der Waals surface area contributed by atoms with Gasteiger partial charge in [-0.15, -0.1) is 0 Å². The first-order valence-corrected chi connectivity index (χ1v) is 7.31. The molecule has 80 valence electrons. The zero-order valence-corrected chi connectivity index (χ0v) is 10.2. The number of nitrogens with two attached hydrogens (primary N) is 1. The highest BCUT2D eigenvalue weighted by Gasteiger charge is 2.12. The molecule has 0 saturated heterocycles. The van der Waals surface area contributed by atoms with Crippen molar-refractivity contribution >= 4 is 21.6 Å². The first-order valence-electron chi connectivity index (χ1n) is 4.34. The van der Waals surface area contributed by atoms with Gasteiger partial charge < -0.3 is 5.73 Å². The van der Waals surface area contributed by atoms with Crippen molar-refractivity contribution in [3.05, 3.63) is 0 Å². The van der Waals surface area contributed by atoms with Crippen molar-refractivity contribution < 1.29 is 8.42 Å². The summed E-state index contributed by atoms with van der Waals surface area (Å²) in [5.41, 5.74) is 5.54. The predicted octanol–water partition coefficient (Wildman–Crippen LogP) is 0.892. The zero-order valence-electron chi connectivity index (χ0n) is 8.54. The topological polar surface area (TPSA) is 60.2 Å². The van der Waals surface area contributed by atoms with Gasteiger partial charge in [0, 0.05) is 22.8 Å². The van der Waals surface area contributed by atoms with Gasteiger partial charge in [0.05, 0.1) is 5.75 Å². The molecule has 0 aromatic rings. The van der Waals surface area contributed by atoms with Crippen molar-refractivity contribution in [2.24, 2.45) is 5.73 Å². The van der Waals surface area contributed by atoms with E-state index in [2.05, 4.69) is 0 Å². The number of hydrogen-bond donors (Lipinski definition) is 1. The summed E-state index contributed by atoms with van der Waals surface area (Å²) >= 11 is 1.60. The molecule has 0 aliphatic rings. The molecule has 0 unspecified atom stereocenters. The molecule has 0 bridgehead atoms. The van der Waals surface area contributed by atoms with Crippen LogP contribution >= 0.6 is 11.8 Å². The van der Waals surface area contributed by atoms with Crippen LogP contribution in [-0.4, -0.2) is 37.0 Å². The molecule has 0 fully saturated rings. The average Bonchev–Trinajstić information content (AvgIpc) is 1.97. The predicted molar refractivity (Wildman–Crippen MR) is 59.9 cm³/mol. The van der Waals surface area contributed by atoms with E-state index in [9.17, 15) is 8.42 Å². The van der Waals surface area contributed by atoms with Gasteiger partial charge in [0.25, 0.3) is 0 Å². The van der Waals surface area contributed by atoms with Gasteiger partial charge in [0.2, 0.25) is 0 Å². The number of thioether (sulfide) groups is 1. The van der Waals surface area contributed by atoms with Crippen molar-refractivity contribution in [1.29, 1.82) is 0 Å². The van der Waals surface area contributed by atoms with Crippen molar-refractivity contribution in [3.63, 3.8) is 0 Å². The van der Waals surface area contributed by atoms with Gasteiger partial charge in [0.1, 0.15) is 0 Å². The lowest BCUT2D eigenvalue weighted by molar-refractivity contribution is 0.590. The van der Waals surface area contributed by atoms with E-state index < -0.39 is 9.84 Å². The third-order valence-electron chi connectivity index (χ3n) is 1.45. The maximum Gasteiger partial charge on any atom is 0.150 e. The second-order valence-electron chi connectivity index (χ2n) is 3.78. The lowest BCUT2D eigenvalue weighted by Gasteiger charge is -2.17. The van der Waals surface area contributed by atoms with E-state index >= 15 is 0 Å². The lowest BCUT2D eigenvalue weighted by atomic mass is 10.1. The molecule has 2 N–H and O–H groups in total. The third-order valence-corrected chi connectivity index (χ3v) is 4.86. The minimum Gasteiger partial charge on any atom is -0.325 e. The van der Waals surface area contributed by atoms with Crippen LogP contribution in [0.2, 0.25) is 0 Å². The molecule has 0 aromatic heterocycles. The van der Waals surface area contributed by atoms with Crippen LogP contribution in [0.15, 0.2) is 0 Å². The highest BCUT2D eigenvalue weighted by Crippen LogP contribution is 2.10. The Morgan fingerprint density at radius 2 is 1.92 bits per heavy atom. The summed E-state index contributed by atoms with van der Waals surface area (Å²) in [5.74, 6) is 1.95. The van der Waals surface area contributed by atoms with Crippen molar-refractivity contribution in [2.75, 3.05) is 23.0 Å². The number of hydrogen-bond acceptors (Lipinski definition) is 4. The van der Waals surface area contributed by atoms with Crippen LogP contribution in [0.5, 0.6) is 0 Å². The summed E-state index contributed by atoms with van der Waals surface area (Å²) in [6, 6.07) is 0. The fraction of sp³-hybridized carbons (Fsp3) is 1.00. The Balaban J connectivity index is 3.59. The van der Waals surface area contributed by atoms with E-state index in [1.54, 1.807) is 18.7 Å². The molecule has 0 atom stereocenters. The Kier molecular flexibility index (Phi) is 5.32. The molecule has 0 aliphatic heterocycles. The van der Waals surface area contributed by atoms with Crippen LogP contribution < -0.4 is 5.73 Å². The maximum atomic E-state index is 11.1. The summed E-state index contributed by atoms with van der Waals surface area (Å²) in [7, 11) is -2.80. The van der Waals surface area contributed by atoms with Gasteiger partial charge in [-0.1, -0.05) is 6.92 Å². The summed E-state index contributed by atoms with van der Waals surface area (Å²) in [6.45, 7) is 5.55. The van der Waals surface area contributed by atoms with Crippen LogP contribution in [-0.2, 0) is 9.84 Å². The minimum atomic E-state index is -2.80. The van der Waals surface area contributed by atoms with E-state index in [1.165, 1.54) is 0 Å². The molecule has 3 nitrogen and oxygen atoms in total. The molecule has 5 heteroatoms. The van der Waals surface area contributed by atoms with Crippen molar-refractivity contribution in [3.8, 4) is 0 Å². The standard InChI is InChI=1S/C8H19NO2S2/c1-4-13(10,11)6-5-12-7-8(2,3)9/h4-7,9H2,1-3H3. The monoisotopic (exact) mass is 225 g/mol. The van der Waals surface area contributed by atoms with Crippen LogP contribution in [0.1, 0.15) is 20.8 Å². The largest absolute Gasteiger partial charge is 0.325 e. The Morgan fingerprint density at radius 3 is 2.31 bits per heavy atom. The fourth-order valence-electron chi connectivity index (χ4n) is 0.665. The SMILES string of the molecule is CCS(=O)(=O)CCSCC(C)(C)N. The maximum absolute atomic E-state index is 11.1. The average molecular weight is 225 g/mol. The number of sulfone groups is 1. The van der Waals surface area contributed by atoms with Crippen LogP contribution in [0, 0.1) is 0 Å². The molecule has 0 aliphatic carbocycles. The van der Waals surface area contributed by atoms with Crippen molar-refractivity contribution in [2.45, 2.75) is 26.3 Å². The summed E-state index contributed by atoms with van der Waals surface area (Å²) in [6.07, 6.45) is 0. The quantitative estimate of drug-likeness (QED) is 0.682. The van der Waals surface area contributed by atoms with Gasteiger partial charge in [-0.25, -0.2) is 8.42 Å². The Labute approximate surface area is 85.4 Å². The van der Waals surface area contributed by atoms with Crippen molar-refractivity contribution in [1.82, 2.24) is 0 Å². The second-order valence-corrected chi connectivity index (χ2v) is 7.36. The molecule has 0 radical (unpaired) electrons. The highest BCUT2D eigenvalue weighted by atomic mass is 32.2. The molecule has 0 saturated carbocycles. The second kappa shape index (κ2) is 5.22. The van der Waals surface area contributed by atoms with Gasteiger partial charge in [-0.3, -0.25) is 0 Å². The minimum absolute atomic E-state index is 0.208. The lowest BCUT2D eigenvalue weighted by Crippen LogP contribution is -2.35. The molecule has 0 amide bonds. The van der Waals surface area contributed by atoms with Gasteiger partial charge in [-0.2, -0.15) is 11.8 Å². The molecule has 0 rings (SSSR count). The van der Waals surface area contributed by atoms with E-state index in [4.69, 9.17) is 5.73 Å². The van der Waals surface area contributed by atoms with Crippen LogP contribution in [0.3, 0.4) is 0 Å². The molecular weight excluding hydrogens is 206 g/mol. The highest BCUT2D eigenvalue weighted by molar-refractivity contribution is 8.00. The molecule has 13 heavy (non-hydrogen) atoms. The smallest absolute Gasteiger partial charge is 0.150 e. The van der Waals surface area contributed by atoms with Gasteiger partial charge in [0.15, 0.2) is 9.84 Å². The van der Waals surface area contributed by atoms with E-state index in [1.807, 2.05) is 13.8 Å². The Bertz CT molecular complexity index is 229. The van der Waals surface area contributed by atoms with E-state index in [0.717, 1.165) is 5.75 Å². The molecule has 0 heterocycles. The van der Waals surface area contributed by atoms with Crippen LogP contribution in [0.25, 0.3) is 0 Å². The zero-order chi connectivity index (χ0) is 10.5. The van der Waals surface area contributed by atoms with Gasteiger partial charge >= 0.3 is 0 Å². The van der Waals surface area contributed by atoms with E-state index in [0.29, 0.717) is 5.75 Å². The summed E-state index contributed by atoms with van der Waals surface area (Å²) in [5, 5.41) is 0. The summed E-state index contributed by atoms with van der Waals surface area (Å²) < 4.78 is 22.2. The fourth-order valence-corrected chi connectivity index (χ4v) is 3.11. The molecule has 0 aromatic carbocycles.